The molecule has 9 heteroatoms. The molecule has 1 unspecified atom stereocenters. The molecule has 2 aromatic rings. The van der Waals surface area contributed by atoms with Crippen LogP contribution in [0.4, 0.5) is 11.4 Å². The number of amides is 3. The zero-order chi connectivity index (χ0) is 21.1. The van der Waals surface area contributed by atoms with Gasteiger partial charge in [0, 0.05) is 28.7 Å². The number of nitro groups is 1. The number of benzene rings is 2. The highest BCUT2D eigenvalue weighted by Crippen LogP contribution is 2.28. The fourth-order valence-corrected chi connectivity index (χ4v) is 3.39. The van der Waals surface area contributed by atoms with Crippen molar-refractivity contribution in [3.8, 4) is 0 Å². The third kappa shape index (κ3) is 4.09. The molecule has 1 fully saturated rings. The number of carbonyl (C=O) groups excluding carboxylic acids is 3. The number of nitrogens with zero attached hydrogens (tertiary/aromatic N) is 3. The van der Waals surface area contributed by atoms with E-state index in [9.17, 15) is 24.5 Å². The van der Waals surface area contributed by atoms with Crippen molar-refractivity contribution in [2.24, 2.45) is 0 Å². The van der Waals surface area contributed by atoms with Crippen molar-refractivity contribution < 1.29 is 19.3 Å². The van der Waals surface area contributed by atoms with Gasteiger partial charge in [0.1, 0.15) is 6.04 Å². The highest BCUT2D eigenvalue weighted by Gasteiger charge is 2.44. The lowest BCUT2D eigenvalue weighted by molar-refractivity contribution is -0.384. The second kappa shape index (κ2) is 8.36. The monoisotopic (exact) mass is 457 g/mol. The topological polar surface area (TPSA) is 101 Å². The quantitative estimate of drug-likeness (QED) is 0.286. The van der Waals surface area contributed by atoms with Crippen molar-refractivity contribution in [3.63, 3.8) is 0 Å². The molecule has 0 radical (unpaired) electrons. The smallest absolute Gasteiger partial charge is 0.270 e. The van der Waals surface area contributed by atoms with E-state index in [4.69, 9.17) is 0 Å². The largest absolute Gasteiger partial charge is 0.322 e. The normalized spacial score (nSPS) is 16.0. The molecule has 1 aliphatic rings. The third-order valence-electron chi connectivity index (χ3n) is 4.47. The van der Waals surface area contributed by atoms with E-state index in [1.54, 1.807) is 24.3 Å². The molecule has 0 saturated carbocycles. The summed E-state index contributed by atoms with van der Waals surface area (Å²) >= 11 is 3.30. The Bertz CT molecular complexity index is 1010. The highest BCUT2D eigenvalue weighted by atomic mass is 79.9. The molecular weight excluding hydrogens is 442 g/mol. The zero-order valence-corrected chi connectivity index (χ0v) is 16.7. The summed E-state index contributed by atoms with van der Waals surface area (Å²) in [7, 11) is 0. The Morgan fingerprint density at radius 3 is 2.59 bits per heavy atom. The van der Waals surface area contributed by atoms with Gasteiger partial charge >= 0.3 is 0 Å². The Morgan fingerprint density at radius 1 is 1.28 bits per heavy atom. The molecule has 1 aliphatic heterocycles. The molecule has 0 bridgehead atoms. The van der Waals surface area contributed by atoms with Crippen LogP contribution in [0.5, 0.6) is 0 Å². The van der Waals surface area contributed by atoms with E-state index < -0.39 is 28.7 Å². The molecule has 1 saturated heterocycles. The summed E-state index contributed by atoms with van der Waals surface area (Å²) in [6.07, 6.45) is 1.26. The van der Waals surface area contributed by atoms with Gasteiger partial charge in [0.15, 0.2) is 0 Å². The van der Waals surface area contributed by atoms with Gasteiger partial charge in [0.25, 0.3) is 17.5 Å². The predicted octanol–water partition coefficient (Wildman–Crippen LogP) is 3.32. The van der Waals surface area contributed by atoms with Gasteiger partial charge in [-0.15, -0.1) is 6.58 Å². The second-order valence-electron chi connectivity index (χ2n) is 6.32. The number of anilines is 1. The molecule has 0 spiro atoms. The van der Waals surface area contributed by atoms with Crippen molar-refractivity contribution in [1.29, 1.82) is 0 Å². The Morgan fingerprint density at radius 2 is 1.97 bits per heavy atom. The summed E-state index contributed by atoms with van der Waals surface area (Å²) in [5.74, 6) is -1.54. The Kier molecular flexibility index (Phi) is 5.88. The summed E-state index contributed by atoms with van der Waals surface area (Å²) in [4.78, 5) is 51.2. The summed E-state index contributed by atoms with van der Waals surface area (Å²) in [5, 5.41) is 11.0. The zero-order valence-electron chi connectivity index (χ0n) is 15.2. The van der Waals surface area contributed by atoms with Gasteiger partial charge in [0.2, 0.25) is 5.91 Å². The van der Waals surface area contributed by atoms with Crippen LogP contribution in [-0.2, 0) is 9.59 Å². The lowest BCUT2D eigenvalue weighted by Gasteiger charge is -2.26. The number of rotatable bonds is 6. The first kappa shape index (κ1) is 20.4. The highest BCUT2D eigenvalue weighted by molar-refractivity contribution is 9.10. The van der Waals surface area contributed by atoms with Crippen LogP contribution in [0.15, 0.2) is 65.7 Å². The number of nitro benzene ring substituents is 1. The van der Waals surface area contributed by atoms with Gasteiger partial charge < -0.3 is 4.90 Å². The number of halogens is 1. The van der Waals surface area contributed by atoms with E-state index in [0.717, 1.165) is 15.4 Å². The van der Waals surface area contributed by atoms with Gasteiger partial charge in [-0.3, -0.25) is 24.5 Å². The van der Waals surface area contributed by atoms with Gasteiger partial charge in [-0.25, -0.2) is 4.90 Å². The molecule has 3 rings (SSSR count). The predicted molar refractivity (Wildman–Crippen MR) is 109 cm³/mol. The summed E-state index contributed by atoms with van der Waals surface area (Å²) in [5.41, 5.74) is 0.232. The van der Waals surface area contributed by atoms with E-state index in [2.05, 4.69) is 22.5 Å². The van der Waals surface area contributed by atoms with Crippen LogP contribution in [0.2, 0.25) is 0 Å². The molecule has 3 amide bonds. The van der Waals surface area contributed by atoms with E-state index >= 15 is 0 Å². The van der Waals surface area contributed by atoms with E-state index in [1.165, 1.54) is 29.2 Å². The first-order chi connectivity index (χ1) is 13.8. The van der Waals surface area contributed by atoms with Gasteiger partial charge in [-0.1, -0.05) is 28.1 Å². The first-order valence-electron chi connectivity index (χ1n) is 8.62. The molecule has 8 nitrogen and oxygen atoms in total. The van der Waals surface area contributed by atoms with Crippen molar-refractivity contribution in [1.82, 2.24) is 4.90 Å². The van der Waals surface area contributed by atoms with Crippen molar-refractivity contribution >= 4 is 45.0 Å². The van der Waals surface area contributed by atoms with Crippen molar-refractivity contribution in [2.45, 2.75) is 12.5 Å². The van der Waals surface area contributed by atoms with E-state index in [0.29, 0.717) is 5.69 Å². The van der Waals surface area contributed by atoms with Crippen LogP contribution in [0.3, 0.4) is 0 Å². The Balaban J connectivity index is 1.92. The fourth-order valence-electron chi connectivity index (χ4n) is 3.13. The minimum absolute atomic E-state index is 0.0133. The lowest BCUT2D eigenvalue weighted by Crippen LogP contribution is -2.45. The number of carbonyl (C=O) groups is 3. The van der Waals surface area contributed by atoms with Crippen LogP contribution in [0, 0.1) is 10.1 Å². The van der Waals surface area contributed by atoms with Gasteiger partial charge in [-0.05, 0) is 30.3 Å². The molecule has 2 aromatic carbocycles. The van der Waals surface area contributed by atoms with E-state index in [-0.39, 0.29) is 24.2 Å². The maximum Gasteiger partial charge on any atom is 0.270 e. The molecule has 0 aliphatic carbocycles. The average Bonchev–Trinajstić information content (AvgIpc) is 3.00. The third-order valence-corrected chi connectivity index (χ3v) is 5.00. The summed E-state index contributed by atoms with van der Waals surface area (Å²) in [6.45, 7) is 3.62. The number of non-ortho nitro benzene ring substituents is 1. The summed E-state index contributed by atoms with van der Waals surface area (Å²) in [6, 6.07) is 10.9. The standard InChI is InChI=1S/C20H16BrN3O5/c1-2-10-22(19(26)13-4-3-5-16(11-13)24(28)29)17-12-18(25)23(20(17)27)15-8-6-14(21)7-9-15/h2-9,11,17H,1,10,12H2. The van der Waals surface area contributed by atoms with Crippen LogP contribution in [0.25, 0.3) is 0 Å². The SMILES string of the molecule is C=CCN(C(=O)c1cccc([N+](=O)[O-])c1)C1CC(=O)N(c2ccc(Br)cc2)C1=O. The maximum absolute atomic E-state index is 13.0. The minimum atomic E-state index is -1.02. The van der Waals surface area contributed by atoms with E-state index in [1.807, 2.05) is 0 Å². The van der Waals surface area contributed by atoms with Crippen LogP contribution >= 0.6 is 15.9 Å². The number of hydrogen-bond acceptors (Lipinski definition) is 5. The van der Waals surface area contributed by atoms with Crippen LogP contribution < -0.4 is 4.90 Å². The second-order valence-corrected chi connectivity index (χ2v) is 7.23. The number of imide groups is 1. The van der Waals surface area contributed by atoms with Gasteiger partial charge in [-0.2, -0.15) is 0 Å². The molecule has 0 aromatic heterocycles. The van der Waals surface area contributed by atoms with Crippen LogP contribution in [-0.4, -0.2) is 40.1 Å². The molecule has 1 atom stereocenters. The number of hydrogen-bond donors (Lipinski definition) is 0. The van der Waals surface area contributed by atoms with Crippen molar-refractivity contribution in [3.05, 3.63) is 81.3 Å². The Labute approximate surface area is 174 Å². The lowest BCUT2D eigenvalue weighted by atomic mass is 10.1. The van der Waals surface area contributed by atoms with Crippen LogP contribution in [0.1, 0.15) is 16.8 Å². The Hall–Kier alpha value is -3.33. The average molecular weight is 458 g/mol. The summed E-state index contributed by atoms with van der Waals surface area (Å²) < 4.78 is 0.797. The molecule has 1 heterocycles. The molecule has 29 heavy (non-hydrogen) atoms. The maximum atomic E-state index is 13.0. The fraction of sp³-hybridized carbons (Fsp3) is 0.150. The molecule has 0 N–H and O–H groups in total. The van der Waals surface area contributed by atoms with Gasteiger partial charge in [0.05, 0.1) is 17.0 Å². The first-order valence-corrected chi connectivity index (χ1v) is 9.41. The van der Waals surface area contributed by atoms with Crippen molar-refractivity contribution in [2.75, 3.05) is 11.4 Å². The minimum Gasteiger partial charge on any atom is -0.322 e. The molecule has 148 valence electrons. The molecular formula is C20H16BrN3O5.